The lowest BCUT2D eigenvalue weighted by atomic mass is 10.1. The van der Waals surface area contributed by atoms with E-state index < -0.39 is 0 Å². The summed E-state index contributed by atoms with van der Waals surface area (Å²) in [7, 11) is 0. The molecule has 0 aliphatic carbocycles. The number of carbonyl (C=O) groups is 2. The van der Waals surface area contributed by atoms with Crippen LogP contribution in [-0.4, -0.2) is 18.4 Å². The maximum atomic E-state index is 10.9. The number of hydrogen-bond donors (Lipinski definition) is 2. The summed E-state index contributed by atoms with van der Waals surface area (Å²) < 4.78 is 0. The highest BCUT2D eigenvalue weighted by atomic mass is 16.2. The van der Waals surface area contributed by atoms with E-state index in [0.29, 0.717) is 0 Å². The summed E-state index contributed by atoms with van der Waals surface area (Å²) in [6, 6.07) is 7.85. The van der Waals surface area contributed by atoms with Gasteiger partial charge in [-0.25, -0.2) is 0 Å². The number of anilines is 1. The summed E-state index contributed by atoms with van der Waals surface area (Å²) in [6.45, 7) is 3.76. The number of nitrogens with one attached hydrogen (secondary N) is 2. The molecule has 2 amide bonds. The Morgan fingerprint density at radius 1 is 1.00 bits per heavy atom. The predicted molar refractivity (Wildman–Crippen MR) is 72.4 cm³/mol. The molecule has 0 saturated heterocycles. The average molecular weight is 248 g/mol. The van der Waals surface area contributed by atoms with Gasteiger partial charge in [0, 0.05) is 26.1 Å². The first-order chi connectivity index (χ1) is 8.58. The van der Waals surface area contributed by atoms with Gasteiger partial charge in [-0.3, -0.25) is 9.59 Å². The number of aryl methyl sites for hydroxylation is 1. The van der Waals surface area contributed by atoms with Crippen molar-refractivity contribution in [2.45, 2.75) is 33.1 Å². The van der Waals surface area contributed by atoms with Crippen molar-refractivity contribution in [3.63, 3.8) is 0 Å². The molecule has 0 aliphatic rings. The van der Waals surface area contributed by atoms with E-state index in [4.69, 9.17) is 0 Å². The van der Waals surface area contributed by atoms with Crippen molar-refractivity contribution >= 4 is 17.5 Å². The molecule has 2 N–H and O–H groups in total. The van der Waals surface area contributed by atoms with Crippen LogP contribution in [0, 0.1) is 0 Å². The molecule has 0 spiro atoms. The minimum absolute atomic E-state index is 0.0228. The molecule has 0 heterocycles. The predicted octanol–water partition coefficient (Wildman–Crippen LogP) is 2.10. The van der Waals surface area contributed by atoms with Gasteiger partial charge in [-0.1, -0.05) is 12.1 Å². The second-order valence-electron chi connectivity index (χ2n) is 4.32. The molecule has 0 atom stereocenters. The summed E-state index contributed by atoms with van der Waals surface area (Å²) in [5, 5.41) is 5.51. The highest BCUT2D eigenvalue weighted by molar-refractivity contribution is 5.88. The third-order valence-electron chi connectivity index (χ3n) is 2.54. The van der Waals surface area contributed by atoms with Gasteiger partial charge < -0.3 is 10.6 Å². The minimum atomic E-state index is -0.0574. The quantitative estimate of drug-likeness (QED) is 0.757. The lowest BCUT2D eigenvalue weighted by molar-refractivity contribution is -0.119. The summed E-state index contributed by atoms with van der Waals surface area (Å²) in [6.07, 6.45) is 3.01. The van der Waals surface area contributed by atoms with Crippen LogP contribution in [0.2, 0.25) is 0 Å². The van der Waals surface area contributed by atoms with Crippen LogP contribution in [0.4, 0.5) is 5.69 Å². The maximum absolute atomic E-state index is 10.9. The summed E-state index contributed by atoms with van der Waals surface area (Å²) in [4.78, 5) is 21.5. The molecular weight excluding hydrogens is 228 g/mol. The summed E-state index contributed by atoms with van der Waals surface area (Å²) in [5.74, 6) is -0.0345. The zero-order chi connectivity index (χ0) is 13.4. The smallest absolute Gasteiger partial charge is 0.221 e. The molecule has 0 aliphatic heterocycles. The van der Waals surface area contributed by atoms with Crippen LogP contribution >= 0.6 is 0 Å². The van der Waals surface area contributed by atoms with Crippen molar-refractivity contribution < 1.29 is 9.59 Å². The largest absolute Gasteiger partial charge is 0.356 e. The van der Waals surface area contributed by atoms with Crippen LogP contribution in [0.3, 0.4) is 0 Å². The van der Waals surface area contributed by atoms with Gasteiger partial charge in [-0.05, 0) is 37.0 Å². The Kier molecular flexibility index (Phi) is 5.91. The number of amides is 2. The topological polar surface area (TPSA) is 58.2 Å². The van der Waals surface area contributed by atoms with Crippen LogP contribution in [0.1, 0.15) is 32.3 Å². The van der Waals surface area contributed by atoms with Crippen LogP contribution in [-0.2, 0) is 16.0 Å². The maximum Gasteiger partial charge on any atom is 0.221 e. The van der Waals surface area contributed by atoms with E-state index in [1.165, 1.54) is 19.4 Å². The normalized spacial score (nSPS) is 9.89. The molecule has 1 aromatic carbocycles. The number of rotatable bonds is 6. The van der Waals surface area contributed by atoms with Crippen molar-refractivity contribution in [1.29, 1.82) is 0 Å². The zero-order valence-corrected chi connectivity index (χ0v) is 11.0. The van der Waals surface area contributed by atoms with Crippen molar-refractivity contribution in [1.82, 2.24) is 5.32 Å². The molecule has 1 aromatic rings. The molecular formula is C14H20N2O2. The molecule has 98 valence electrons. The second-order valence-corrected chi connectivity index (χ2v) is 4.32. The van der Waals surface area contributed by atoms with E-state index in [1.54, 1.807) is 0 Å². The fourth-order valence-electron chi connectivity index (χ4n) is 1.68. The standard InChI is InChI=1S/C14H20N2O2/c1-11(17)15-10-4-3-5-13-6-8-14(9-7-13)16-12(2)18/h6-9H,3-5,10H2,1-2H3,(H,15,17)(H,16,18). The third kappa shape index (κ3) is 6.03. The fourth-order valence-corrected chi connectivity index (χ4v) is 1.68. The molecule has 0 radical (unpaired) electrons. The van der Waals surface area contributed by atoms with Gasteiger partial charge >= 0.3 is 0 Å². The van der Waals surface area contributed by atoms with Gasteiger partial charge in [-0.2, -0.15) is 0 Å². The number of hydrogen-bond acceptors (Lipinski definition) is 2. The van der Waals surface area contributed by atoms with Crippen molar-refractivity contribution in [3.05, 3.63) is 29.8 Å². The van der Waals surface area contributed by atoms with E-state index in [1.807, 2.05) is 24.3 Å². The Morgan fingerprint density at radius 2 is 1.67 bits per heavy atom. The molecule has 0 bridgehead atoms. The minimum Gasteiger partial charge on any atom is -0.356 e. The highest BCUT2D eigenvalue weighted by Crippen LogP contribution is 2.11. The van der Waals surface area contributed by atoms with Crippen molar-refractivity contribution in [2.75, 3.05) is 11.9 Å². The first kappa shape index (κ1) is 14.2. The van der Waals surface area contributed by atoms with Gasteiger partial charge in [-0.15, -0.1) is 0 Å². The third-order valence-corrected chi connectivity index (χ3v) is 2.54. The Morgan fingerprint density at radius 3 is 2.22 bits per heavy atom. The Balaban J connectivity index is 2.26. The Hall–Kier alpha value is -1.84. The number of unbranched alkanes of at least 4 members (excludes halogenated alkanes) is 1. The van der Waals surface area contributed by atoms with Gasteiger partial charge in [0.2, 0.25) is 11.8 Å². The first-order valence-electron chi connectivity index (χ1n) is 6.19. The van der Waals surface area contributed by atoms with Crippen LogP contribution in [0.25, 0.3) is 0 Å². The van der Waals surface area contributed by atoms with E-state index in [9.17, 15) is 9.59 Å². The molecule has 4 heteroatoms. The monoisotopic (exact) mass is 248 g/mol. The zero-order valence-electron chi connectivity index (χ0n) is 11.0. The first-order valence-corrected chi connectivity index (χ1v) is 6.19. The highest BCUT2D eigenvalue weighted by Gasteiger charge is 1.97. The van der Waals surface area contributed by atoms with Gasteiger partial charge in [0.25, 0.3) is 0 Å². The van der Waals surface area contributed by atoms with Crippen LogP contribution in [0.5, 0.6) is 0 Å². The molecule has 0 saturated carbocycles. The SMILES string of the molecule is CC(=O)NCCCCc1ccc(NC(C)=O)cc1. The molecule has 0 unspecified atom stereocenters. The number of benzene rings is 1. The van der Waals surface area contributed by atoms with E-state index in [-0.39, 0.29) is 11.8 Å². The summed E-state index contributed by atoms with van der Waals surface area (Å²) in [5.41, 5.74) is 2.07. The van der Waals surface area contributed by atoms with E-state index in [2.05, 4.69) is 10.6 Å². The fraction of sp³-hybridized carbons (Fsp3) is 0.429. The second kappa shape index (κ2) is 7.48. The van der Waals surface area contributed by atoms with Gasteiger partial charge in [0.05, 0.1) is 0 Å². The van der Waals surface area contributed by atoms with Crippen molar-refractivity contribution in [3.8, 4) is 0 Å². The summed E-state index contributed by atoms with van der Waals surface area (Å²) >= 11 is 0. The van der Waals surface area contributed by atoms with Crippen molar-refractivity contribution in [2.24, 2.45) is 0 Å². The van der Waals surface area contributed by atoms with E-state index >= 15 is 0 Å². The molecule has 1 rings (SSSR count). The Labute approximate surface area is 108 Å². The lowest BCUT2D eigenvalue weighted by Crippen LogP contribution is -2.20. The average Bonchev–Trinajstić information content (AvgIpc) is 2.30. The Bertz CT molecular complexity index is 399. The molecule has 0 aromatic heterocycles. The molecule has 4 nitrogen and oxygen atoms in total. The van der Waals surface area contributed by atoms with Gasteiger partial charge in [0.1, 0.15) is 0 Å². The van der Waals surface area contributed by atoms with E-state index in [0.717, 1.165) is 31.5 Å². The number of carbonyl (C=O) groups excluding carboxylic acids is 2. The molecule has 18 heavy (non-hydrogen) atoms. The van der Waals surface area contributed by atoms with Crippen LogP contribution in [0.15, 0.2) is 24.3 Å². The lowest BCUT2D eigenvalue weighted by Gasteiger charge is -2.05. The van der Waals surface area contributed by atoms with Gasteiger partial charge in [0.15, 0.2) is 0 Å². The molecule has 0 fully saturated rings. The van der Waals surface area contributed by atoms with Crippen LogP contribution < -0.4 is 10.6 Å².